The lowest BCUT2D eigenvalue weighted by molar-refractivity contribution is -0.180. The summed E-state index contributed by atoms with van der Waals surface area (Å²) < 4.78 is 41.2. The Hall–Kier alpha value is -2.44. The van der Waals surface area contributed by atoms with Gasteiger partial charge in [0, 0.05) is 17.3 Å². The minimum absolute atomic E-state index is 0.129. The molecule has 6 rings (SSSR count). The monoisotopic (exact) mass is 389 g/mol. The highest BCUT2D eigenvalue weighted by Crippen LogP contribution is 2.71. The number of aromatic nitrogens is 2. The fraction of sp³-hybridized carbons (Fsp3) is 0.476. The molecule has 3 saturated carbocycles. The van der Waals surface area contributed by atoms with Crippen LogP contribution in [-0.2, 0) is 17.3 Å². The van der Waals surface area contributed by atoms with Crippen molar-refractivity contribution in [2.45, 2.75) is 57.3 Å². The van der Waals surface area contributed by atoms with Gasteiger partial charge in [0.15, 0.2) is 5.82 Å². The van der Waals surface area contributed by atoms with E-state index in [1.807, 2.05) is 30.0 Å². The predicted molar refractivity (Wildman–Crippen MR) is 100 cm³/mol. The summed E-state index contributed by atoms with van der Waals surface area (Å²) in [7, 11) is 0. The molecule has 3 aliphatic carbocycles. The third-order valence-corrected chi connectivity index (χ3v) is 6.63. The van der Waals surface area contributed by atoms with E-state index in [-0.39, 0.29) is 11.3 Å². The second kappa shape index (κ2) is 4.93. The number of phenols is 1. The van der Waals surface area contributed by atoms with Crippen molar-refractivity contribution >= 4 is 11.9 Å². The summed E-state index contributed by atoms with van der Waals surface area (Å²) in [6, 6.07) is 1.87. The van der Waals surface area contributed by atoms with Crippen molar-refractivity contribution in [1.29, 1.82) is 0 Å². The number of halogens is 3. The minimum atomic E-state index is -4.50. The van der Waals surface area contributed by atoms with E-state index in [1.54, 1.807) is 6.92 Å². The van der Waals surface area contributed by atoms with Crippen molar-refractivity contribution in [2.75, 3.05) is 5.32 Å². The molecule has 1 aliphatic heterocycles. The number of aromatic hydroxyl groups is 1. The maximum absolute atomic E-state index is 13.0. The van der Waals surface area contributed by atoms with E-state index in [0.29, 0.717) is 22.4 Å². The lowest BCUT2D eigenvalue weighted by Gasteiger charge is -2.69. The van der Waals surface area contributed by atoms with Crippen LogP contribution in [0.25, 0.3) is 6.08 Å². The van der Waals surface area contributed by atoms with E-state index in [2.05, 4.69) is 12.2 Å². The zero-order chi connectivity index (χ0) is 20.1. The van der Waals surface area contributed by atoms with Gasteiger partial charge in [0.1, 0.15) is 5.75 Å². The summed E-state index contributed by atoms with van der Waals surface area (Å²) in [5, 5.41) is 18.5. The van der Waals surface area contributed by atoms with Crippen molar-refractivity contribution in [3.05, 3.63) is 46.7 Å². The van der Waals surface area contributed by atoms with E-state index in [0.717, 1.165) is 37.0 Å². The van der Waals surface area contributed by atoms with Gasteiger partial charge in [0.25, 0.3) is 0 Å². The highest BCUT2D eigenvalue weighted by Gasteiger charge is 2.66. The molecule has 0 radical (unpaired) electrons. The fourth-order valence-corrected chi connectivity index (χ4v) is 5.62. The van der Waals surface area contributed by atoms with Gasteiger partial charge < -0.3 is 10.4 Å². The Balaban J connectivity index is 1.49. The lowest BCUT2D eigenvalue weighted by atomic mass is 9.40. The number of alkyl halides is 3. The highest BCUT2D eigenvalue weighted by molar-refractivity contribution is 5.71. The van der Waals surface area contributed by atoms with Gasteiger partial charge in [0.2, 0.25) is 0 Å². The molecule has 4 nitrogen and oxygen atoms in total. The SMILES string of the molecule is Cc1cc(C(F)(F)F)cc(O)c1C1(C)C=Cc2cn(C34CC(C)(C3)C4)nc2N1. The molecule has 2 N–H and O–H groups in total. The zero-order valence-electron chi connectivity index (χ0n) is 16.0. The van der Waals surface area contributed by atoms with E-state index < -0.39 is 17.3 Å². The fourth-order valence-electron chi connectivity index (χ4n) is 5.62. The van der Waals surface area contributed by atoms with Crippen molar-refractivity contribution in [3.63, 3.8) is 0 Å². The maximum Gasteiger partial charge on any atom is 0.416 e. The molecule has 28 heavy (non-hydrogen) atoms. The average molecular weight is 389 g/mol. The molecule has 3 fully saturated rings. The number of aryl methyl sites for hydroxylation is 1. The number of nitrogens with one attached hydrogen (secondary N) is 1. The average Bonchev–Trinajstić information content (AvgIpc) is 2.91. The molecule has 1 aromatic carbocycles. The molecule has 0 spiro atoms. The van der Waals surface area contributed by atoms with Crippen LogP contribution in [-0.4, -0.2) is 14.9 Å². The molecule has 1 atom stereocenters. The first-order valence-electron chi connectivity index (χ1n) is 9.42. The smallest absolute Gasteiger partial charge is 0.416 e. The third kappa shape index (κ3) is 2.28. The van der Waals surface area contributed by atoms with Crippen LogP contribution >= 0.6 is 0 Å². The molecule has 1 aromatic heterocycles. The van der Waals surface area contributed by atoms with E-state index in [4.69, 9.17) is 5.10 Å². The van der Waals surface area contributed by atoms with Crippen LogP contribution in [0.15, 0.2) is 24.4 Å². The Morgan fingerprint density at radius 1 is 1.18 bits per heavy atom. The number of anilines is 1. The summed E-state index contributed by atoms with van der Waals surface area (Å²) in [5.74, 6) is 0.320. The number of fused-ring (bicyclic) bond motifs is 1. The second-order valence-electron chi connectivity index (χ2n) is 9.29. The molecule has 7 heteroatoms. The van der Waals surface area contributed by atoms with Crippen LogP contribution in [0.2, 0.25) is 0 Å². The van der Waals surface area contributed by atoms with Crippen LogP contribution in [0.3, 0.4) is 0 Å². The summed E-state index contributed by atoms with van der Waals surface area (Å²) in [6.07, 6.45) is 4.76. The maximum atomic E-state index is 13.0. The molecular weight excluding hydrogens is 367 g/mol. The van der Waals surface area contributed by atoms with Gasteiger partial charge in [-0.1, -0.05) is 19.1 Å². The molecule has 4 aliphatic rings. The van der Waals surface area contributed by atoms with Gasteiger partial charge in [-0.2, -0.15) is 18.3 Å². The first-order chi connectivity index (χ1) is 12.9. The third-order valence-electron chi connectivity index (χ3n) is 6.63. The van der Waals surface area contributed by atoms with Gasteiger partial charge in [-0.05, 0) is 56.2 Å². The molecule has 148 valence electrons. The van der Waals surface area contributed by atoms with E-state index in [9.17, 15) is 18.3 Å². The number of phenolic OH excluding ortho intramolecular Hbond substituents is 1. The molecule has 0 saturated heterocycles. The Kier molecular flexibility index (Phi) is 3.11. The first kappa shape index (κ1) is 17.6. The number of hydrogen-bond acceptors (Lipinski definition) is 3. The largest absolute Gasteiger partial charge is 0.508 e. The van der Waals surface area contributed by atoms with Crippen molar-refractivity contribution in [2.24, 2.45) is 5.41 Å². The van der Waals surface area contributed by atoms with Crippen LogP contribution < -0.4 is 5.32 Å². The van der Waals surface area contributed by atoms with Gasteiger partial charge in [-0.15, -0.1) is 0 Å². The molecule has 0 amide bonds. The molecular formula is C21H22F3N3O. The molecule has 2 bridgehead atoms. The highest BCUT2D eigenvalue weighted by atomic mass is 19.4. The Bertz CT molecular complexity index is 993. The quantitative estimate of drug-likeness (QED) is 0.745. The second-order valence-corrected chi connectivity index (χ2v) is 9.29. The number of benzene rings is 1. The van der Waals surface area contributed by atoms with Gasteiger partial charge in [-0.3, -0.25) is 4.68 Å². The summed E-state index contributed by atoms with van der Waals surface area (Å²) >= 11 is 0. The molecule has 1 unspecified atom stereocenters. The minimum Gasteiger partial charge on any atom is -0.508 e. The standard InChI is InChI=1S/C21H22F3N3O/c1-12-6-14(21(22,23)24)7-15(28)16(12)19(3)5-4-13-8-27(26-17(13)25-19)20-9-18(2,10-20)11-20/h4-8,28H,9-11H2,1-3H3,(H,25,26). The predicted octanol–water partition coefficient (Wildman–Crippen LogP) is 5.17. The van der Waals surface area contributed by atoms with E-state index in [1.165, 1.54) is 0 Å². The Labute approximate surface area is 161 Å². The molecule has 2 heterocycles. The van der Waals surface area contributed by atoms with Crippen molar-refractivity contribution < 1.29 is 18.3 Å². The van der Waals surface area contributed by atoms with Gasteiger partial charge in [0.05, 0.1) is 16.6 Å². The number of nitrogens with zero attached hydrogens (tertiary/aromatic N) is 2. The van der Waals surface area contributed by atoms with Crippen LogP contribution in [0.5, 0.6) is 5.75 Å². The van der Waals surface area contributed by atoms with Gasteiger partial charge >= 0.3 is 6.18 Å². The first-order valence-corrected chi connectivity index (χ1v) is 9.42. The topological polar surface area (TPSA) is 50.1 Å². The summed E-state index contributed by atoms with van der Waals surface area (Å²) in [6.45, 7) is 5.72. The molecule has 2 aromatic rings. The summed E-state index contributed by atoms with van der Waals surface area (Å²) in [5.41, 5.74) is 0.651. The van der Waals surface area contributed by atoms with Gasteiger partial charge in [-0.25, -0.2) is 0 Å². The Morgan fingerprint density at radius 3 is 2.43 bits per heavy atom. The Morgan fingerprint density at radius 2 is 1.86 bits per heavy atom. The van der Waals surface area contributed by atoms with E-state index >= 15 is 0 Å². The van der Waals surface area contributed by atoms with Crippen LogP contribution in [0.1, 0.15) is 55.4 Å². The number of rotatable bonds is 2. The summed E-state index contributed by atoms with van der Waals surface area (Å²) in [4.78, 5) is 0. The zero-order valence-corrected chi connectivity index (χ0v) is 16.0. The van der Waals surface area contributed by atoms with Crippen molar-refractivity contribution in [3.8, 4) is 5.75 Å². The van der Waals surface area contributed by atoms with Crippen LogP contribution in [0.4, 0.5) is 19.0 Å². The van der Waals surface area contributed by atoms with Crippen molar-refractivity contribution in [1.82, 2.24) is 9.78 Å². The normalized spacial score (nSPS) is 32.9. The van der Waals surface area contributed by atoms with Crippen LogP contribution in [0, 0.1) is 12.3 Å². The number of hydrogen-bond donors (Lipinski definition) is 2. The lowest BCUT2D eigenvalue weighted by Crippen LogP contribution is -2.66.